The average molecular weight is 429 g/mol. The van der Waals surface area contributed by atoms with Gasteiger partial charge in [0.05, 0.1) is 11.2 Å². The van der Waals surface area contributed by atoms with Crippen LogP contribution in [0.15, 0.2) is 29.4 Å². The van der Waals surface area contributed by atoms with E-state index in [0.717, 1.165) is 29.1 Å². The number of carbonyl (C=O) groups is 1. The third-order valence-corrected chi connectivity index (χ3v) is 5.43. The van der Waals surface area contributed by atoms with Gasteiger partial charge < -0.3 is 9.88 Å². The van der Waals surface area contributed by atoms with Gasteiger partial charge in [0.15, 0.2) is 0 Å². The van der Waals surface area contributed by atoms with Crippen molar-refractivity contribution in [3.63, 3.8) is 0 Å². The molecule has 2 heterocycles. The van der Waals surface area contributed by atoms with Gasteiger partial charge in [-0.25, -0.2) is 17.8 Å². The number of halogens is 5. The van der Waals surface area contributed by atoms with Crippen molar-refractivity contribution in [1.82, 2.24) is 14.3 Å². The van der Waals surface area contributed by atoms with Gasteiger partial charge in [0, 0.05) is 13.2 Å². The van der Waals surface area contributed by atoms with Crippen LogP contribution in [0, 0.1) is 5.82 Å². The van der Waals surface area contributed by atoms with Crippen LogP contribution in [-0.2, 0) is 17.1 Å². The van der Waals surface area contributed by atoms with E-state index >= 15 is 0 Å². The Balaban J connectivity index is 2.32. The fourth-order valence-electron chi connectivity index (χ4n) is 2.00. The van der Waals surface area contributed by atoms with E-state index < -0.39 is 43.9 Å². The lowest BCUT2D eigenvalue weighted by molar-refractivity contribution is -0.147. The van der Waals surface area contributed by atoms with Gasteiger partial charge in [-0.3, -0.25) is 4.79 Å². The van der Waals surface area contributed by atoms with Crippen LogP contribution in [0.3, 0.4) is 0 Å². The molecule has 1 atom stereocenters. The summed E-state index contributed by atoms with van der Waals surface area (Å²) in [4.78, 5) is 15.2. The lowest BCUT2D eigenvalue weighted by Crippen LogP contribution is -2.42. The van der Waals surface area contributed by atoms with Crippen molar-refractivity contribution in [2.45, 2.75) is 24.0 Å². The molecule has 0 saturated carbocycles. The van der Waals surface area contributed by atoms with Crippen LogP contribution in [0.2, 0.25) is 5.02 Å². The summed E-state index contributed by atoms with van der Waals surface area (Å²) in [6.07, 6.45) is -3.05. The average Bonchev–Trinajstić information content (AvgIpc) is 2.84. The Hall–Kier alpha value is -2.18. The maximum Gasteiger partial charge on any atom is 0.404 e. The third-order valence-electron chi connectivity index (χ3n) is 3.38. The molecule has 0 aromatic carbocycles. The van der Waals surface area contributed by atoms with Crippen LogP contribution in [0.5, 0.6) is 0 Å². The topological polar surface area (TPSA) is 93.1 Å². The van der Waals surface area contributed by atoms with Crippen molar-refractivity contribution in [2.24, 2.45) is 7.05 Å². The number of amides is 1. The number of aryl methyl sites for hydroxylation is 1. The molecule has 2 N–H and O–H groups in total. The molecule has 7 nitrogen and oxygen atoms in total. The van der Waals surface area contributed by atoms with Gasteiger partial charge in [0.25, 0.3) is 5.91 Å². The molecule has 148 valence electrons. The van der Waals surface area contributed by atoms with Crippen molar-refractivity contribution >= 4 is 33.3 Å². The zero-order valence-electron chi connectivity index (χ0n) is 13.8. The SMILES string of the molecule is CC(NS(=O)(=O)c1cn(C)c(C(=O)Nc2ccc(F)cn2)c1Cl)C(F)(F)F. The Morgan fingerprint density at radius 1 is 1.33 bits per heavy atom. The van der Waals surface area contributed by atoms with Crippen molar-refractivity contribution in [3.8, 4) is 0 Å². The highest BCUT2D eigenvalue weighted by Crippen LogP contribution is 2.29. The molecule has 0 aliphatic carbocycles. The molecule has 0 bridgehead atoms. The Morgan fingerprint density at radius 3 is 2.48 bits per heavy atom. The summed E-state index contributed by atoms with van der Waals surface area (Å²) in [5.41, 5.74) is -0.331. The van der Waals surface area contributed by atoms with Crippen LogP contribution < -0.4 is 10.0 Å². The van der Waals surface area contributed by atoms with E-state index in [1.54, 1.807) is 0 Å². The quantitative estimate of drug-likeness (QED) is 0.716. The lowest BCUT2D eigenvalue weighted by Gasteiger charge is -2.16. The lowest BCUT2D eigenvalue weighted by atomic mass is 10.3. The van der Waals surface area contributed by atoms with E-state index in [4.69, 9.17) is 11.6 Å². The number of alkyl halides is 3. The Kier molecular flexibility index (Phi) is 5.82. The molecule has 0 fully saturated rings. The number of nitrogens with one attached hydrogen (secondary N) is 2. The smallest absolute Gasteiger partial charge is 0.344 e. The largest absolute Gasteiger partial charge is 0.404 e. The predicted molar refractivity (Wildman–Crippen MR) is 88.4 cm³/mol. The normalized spacial score (nSPS) is 13.4. The van der Waals surface area contributed by atoms with Crippen LogP contribution in [-0.4, -0.2) is 36.1 Å². The second kappa shape index (κ2) is 7.44. The fraction of sp³-hybridized carbons (Fsp3) is 0.286. The number of carbonyl (C=O) groups excluding carboxylic acids is 1. The molecule has 0 saturated heterocycles. The van der Waals surface area contributed by atoms with Crippen molar-refractivity contribution < 1.29 is 30.8 Å². The second-order valence-corrected chi connectivity index (χ2v) is 7.53. The first-order valence-corrected chi connectivity index (χ1v) is 9.06. The van der Waals surface area contributed by atoms with Gasteiger partial charge in [-0.1, -0.05) is 11.6 Å². The second-order valence-electron chi connectivity index (χ2n) is 5.47. The molecular formula is C14H13ClF4N4O3S. The number of nitrogens with zero attached hydrogens (tertiary/aromatic N) is 2. The summed E-state index contributed by atoms with van der Waals surface area (Å²) in [5.74, 6) is -1.55. The van der Waals surface area contributed by atoms with E-state index in [-0.39, 0.29) is 11.5 Å². The number of sulfonamides is 1. The zero-order valence-corrected chi connectivity index (χ0v) is 15.4. The monoisotopic (exact) mass is 428 g/mol. The standard InChI is InChI=1S/C14H13ClF4N4O3S/c1-7(14(17,18)19)22-27(25,26)9-6-23(2)12(11(9)15)13(24)21-10-4-3-8(16)5-20-10/h3-7,22H,1-2H3,(H,20,21,24). The van der Waals surface area contributed by atoms with E-state index in [1.807, 2.05) is 0 Å². The molecule has 2 rings (SSSR count). The molecule has 0 aliphatic heterocycles. The first-order valence-electron chi connectivity index (χ1n) is 7.19. The molecule has 0 aliphatic rings. The first-order chi connectivity index (χ1) is 12.3. The molecule has 1 amide bonds. The van der Waals surface area contributed by atoms with E-state index in [0.29, 0.717) is 6.92 Å². The number of anilines is 1. The maximum atomic E-state index is 12.8. The summed E-state index contributed by atoms with van der Waals surface area (Å²) in [6, 6.07) is -0.165. The highest BCUT2D eigenvalue weighted by Gasteiger charge is 2.40. The Labute approximate surface area is 156 Å². The zero-order chi connectivity index (χ0) is 20.6. The third kappa shape index (κ3) is 4.76. The van der Waals surface area contributed by atoms with E-state index in [9.17, 15) is 30.8 Å². The van der Waals surface area contributed by atoms with Crippen LogP contribution in [0.1, 0.15) is 17.4 Å². The molecule has 2 aromatic heterocycles. The molecule has 13 heteroatoms. The van der Waals surface area contributed by atoms with Crippen LogP contribution in [0.25, 0.3) is 0 Å². The summed E-state index contributed by atoms with van der Waals surface area (Å²) in [6.45, 7) is 0.627. The number of hydrogen-bond acceptors (Lipinski definition) is 4. The minimum Gasteiger partial charge on any atom is -0.344 e. The van der Waals surface area contributed by atoms with E-state index in [2.05, 4.69) is 10.3 Å². The Morgan fingerprint density at radius 2 is 1.96 bits per heavy atom. The Bertz CT molecular complexity index is 958. The van der Waals surface area contributed by atoms with Gasteiger partial charge in [-0.2, -0.15) is 17.9 Å². The summed E-state index contributed by atoms with van der Waals surface area (Å²) in [5, 5.41) is 1.71. The first kappa shape index (κ1) is 21.1. The predicted octanol–water partition coefficient (Wildman–Crippen LogP) is 2.69. The summed E-state index contributed by atoms with van der Waals surface area (Å²) in [7, 11) is -3.37. The molecule has 0 radical (unpaired) electrons. The summed E-state index contributed by atoms with van der Waals surface area (Å²) < 4.78 is 77.6. The molecule has 27 heavy (non-hydrogen) atoms. The molecule has 1 unspecified atom stereocenters. The van der Waals surface area contributed by atoms with E-state index in [1.165, 1.54) is 11.8 Å². The van der Waals surface area contributed by atoms with Gasteiger partial charge >= 0.3 is 6.18 Å². The highest BCUT2D eigenvalue weighted by atomic mass is 35.5. The van der Waals surface area contributed by atoms with Gasteiger partial charge in [0.1, 0.15) is 28.3 Å². The minimum atomic E-state index is -4.80. The number of pyridine rings is 1. The van der Waals surface area contributed by atoms with Gasteiger partial charge in [-0.15, -0.1) is 0 Å². The van der Waals surface area contributed by atoms with Gasteiger partial charge in [-0.05, 0) is 19.1 Å². The molecule has 0 spiro atoms. The van der Waals surface area contributed by atoms with Crippen molar-refractivity contribution in [1.29, 1.82) is 0 Å². The van der Waals surface area contributed by atoms with Crippen LogP contribution >= 0.6 is 11.6 Å². The molecule has 2 aromatic rings. The number of hydrogen-bond donors (Lipinski definition) is 2. The van der Waals surface area contributed by atoms with Crippen molar-refractivity contribution in [3.05, 3.63) is 41.1 Å². The number of rotatable bonds is 5. The molecular weight excluding hydrogens is 416 g/mol. The minimum absolute atomic E-state index is 0.0353. The van der Waals surface area contributed by atoms with Gasteiger partial charge in [0.2, 0.25) is 10.0 Å². The van der Waals surface area contributed by atoms with Crippen molar-refractivity contribution in [2.75, 3.05) is 5.32 Å². The highest BCUT2D eigenvalue weighted by molar-refractivity contribution is 7.89. The number of aromatic nitrogens is 2. The summed E-state index contributed by atoms with van der Waals surface area (Å²) >= 11 is 5.94. The van der Waals surface area contributed by atoms with Crippen LogP contribution in [0.4, 0.5) is 23.4 Å². The fourth-order valence-corrected chi connectivity index (χ4v) is 3.93. The maximum absolute atomic E-state index is 12.8.